The zero-order chi connectivity index (χ0) is 22.5. The Balaban J connectivity index is 1.27. The third kappa shape index (κ3) is 5.87. The molecule has 1 saturated heterocycles. The third-order valence-electron chi connectivity index (χ3n) is 5.54. The van der Waals surface area contributed by atoms with E-state index in [1.54, 1.807) is 11.3 Å². The van der Waals surface area contributed by atoms with Crippen LogP contribution in [0.2, 0.25) is 0 Å². The summed E-state index contributed by atoms with van der Waals surface area (Å²) in [5.74, 6) is 0.993. The molecule has 1 aliphatic rings. The third-order valence-corrected chi connectivity index (χ3v) is 6.41. The Kier molecular flexibility index (Phi) is 7.07. The summed E-state index contributed by atoms with van der Waals surface area (Å²) in [6.07, 6.45) is 1.87. The summed E-state index contributed by atoms with van der Waals surface area (Å²) in [5, 5.41) is 1.99. The Hall–Kier alpha value is -2.90. The lowest BCUT2D eigenvalue weighted by molar-refractivity contribution is -0.132. The van der Waals surface area contributed by atoms with Crippen LogP contribution in [0.15, 0.2) is 57.3 Å². The minimum absolute atomic E-state index is 0.170. The van der Waals surface area contributed by atoms with Gasteiger partial charge in [0.15, 0.2) is 0 Å². The number of rotatable bonds is 7. The SMILES string of the molecule is Cc1cc(C)cc(COc2coc(CN3CCN(C(=O)Cc4cccs4)CC3)cc2=O)c1. The maximum Gasteiger partial charge on any atom is 0.227 e. The Bertz CT molecular complexity index is 1090. The number of thiophene rings is 1. The van der Waals surface area contributed by atoms with Crippen LogP contribution in [0.1, 0.15) is 27.3 Å². The Morgan fingerprint density at radius 1 is 1.09 bits per heavy atom. The molecule has 0 radical (unpaired) electrons. The van der Waals surface area contributed by atoms with Gasteiger partial charge in [-0.05, 0) is 30.9 Å². The lowest BCUT2D eigenvalue weighted by Gasteiger charge is -2.34. The topological polar surface area (TPSA) is 63.0 Å². The van der Waals surface area contributed by atoms with E-state index in [1.165, 1.54) is 23.5 Å². The molecule has 32 heavy (non-hydrogen) atoms. The van der Waals surface area contributed by atoms with E-state index in [9.17, 15) is 9.59 Å². The molecule has 1 fully saturated rings. The van der Waals surface area contributed by atoms with Gasteiger partial charge in [-0.2, -0.15) is 0 Å². The molecule has 0 saturated carbocycles. The summed E-state index contributed by atoms with van der Waals surface area (Å²) in [4.78, 5) is 30.1. The summed E-state index contributed by atoms with van der Waals surface area (Å²) < 4.78 is 11.4. The van der Waals surface area contributed by atoms with Crippen molar-refractivity contribution in [1.29, 1.82) is 0 Å². The molecule has 0 unspecified atom stereocenters. The van der Waals surface area contributed by atoms with Gasteiger partial charge in [0.25, 0.3) is 0 Å². The predicted molar refractivity (Wildman–Crippen MR) is 125 cm³/mol. The van der Waals surface area contributed by atoms with Gasteiger partial charge in [-0.25, -0.2) is 0 Å². The second-order valence-corrected chi connectivity index (χ2v) is 9.30. The number of hydrogen-bond acceptors (Lipinski definition) is 6. The molecule has 3 heterocycles. The smallest absolute Gasteiger partial charge is 0.227 e. The normalized spacial score (nSPS) is 14.5. The molecule has 0 aliphatic carbocycles. The monoisotopic (exact) mass is 452 g/mol. The minimum Gasteiger partial charge on any atom is -0.482 e. The fourth-order valence-electron chi connectivity index (χ4n) is 3.99. The average molecular weight is 453 g/mol. The molecular weight excluding hydrogens is 424 g/mol. The molecule has 7 heteroatoms. The quantitative estimate of drug-likeness (QED) is 0.546. The van der Waals surface area contributed by atoms with Gasteiger partial charge in [0.1, 0.15) is 18.6 Å². The maximum absolute atomic E-state index is 12.5. The van der Waals surface area contributed by atoms with Gasteiger partial charge in [0.2, 0.25) is 17.1 Å². The molecule has 0 bridgehead atoms. The van der Waals surface area contributed by atoms with Crippen molar-refractivity contribution < 1.29 is 13.9 Å². The largest absolute Gasteiger partial charge is 0.482 e. The van der Waals surface area contributed by atoms with Gasteiger partial charge in [-0.15, -0.1) is 11.3 Å². The maximum atomic E-state index is 12.5. The highest BCUT2D eigenvalue weighted by molar-refractivity contribution is 7.10. The van der Waals surface area contributed by atoms with Crippen LogP contribution in [0.3, 0.4) is 0 Å². The molecule has 1 aliphatic heterocycles. The first kappa shape index (κ1) is 22.3. The van der Waals surface area contributed by atoms with E-state index < -0.39 is 0 Å². The molecule has 1 amide bonds. The van der Waals surface area contributed by atoms with E-state index >= 15 is 0 Å². The number of hydrogen-bond donors (Lipinski definition) is 0. The van der Waals surface area contributed by atoms with Gasteiger partial charge in [0, 0.05) is 37.1 Å². The second kappa shape index (κ2) is 10.1. The summed E-state index contributed by atoms with van der Waals surface area (Å²) in [5.41, 5.74) is 3.18. The van der Waals surface area contributed by atoms with E-state index in [-0.39, 0.29) is 17.1 Å². The molecule has 0 atom stereocenters. The number of nitrogens with zero attached hydrogens (tertiary/aromatic N) is 2. The lowest BCUT2D eigenvalue weighted by atomic mass is 10.1. The van der Waals surface area contributed by atoms with E-state index in [0.717, 1.165) is 23.5 Å². The van der Waals surface area contributed by atoms with Gasteiger partial charge in [-0.3, -0.25) is 14.5 Å². The Labute approximate surface area is 192 Å². The number of ether oxygens (including phenoxy) is 1. The molecule has 0 N–H and O–H groups in total. The van der Waals surface area contributed by atoms with Crippen LogP contribution in [-0.4, -0.2) is 41.9 Å². The standard InChI is InChI=1S/C25H28N2O4S/c1-18-10-19(2)12-20(11-18)16-31-24-17-30-21(13-23(24)28)15-26-5-7-27(8-6-26)25(29)14-22-4-3-9-32-22/h3-4,9-13,17H,5-8,14-16H2,1-2H3. The highest BCUT2D eigenvalue weighted by atomic mass is 32.1. The molecule has 2 aromatic heterocycles. The summed E-state index contributed by atoms with van der Waals surface area (Å²) >= 11 is 1.61. The number of carbonyl (C=O) groups is 1. The number of benzene rings is 1. The molecule has 4 rings (SSSR count). The summed E-state index contributed by atoms with van der Waals surface area (Å²) in [6.45, 7) is 7.83. The first-order valence-electron chi connectivity index (χ1n) is 10.8. The molecule has 3 aromatic rings. The first-order valence-corrected chi connectivity index (χ1v) is 11.7. The van der Waals surface area contributed by atoms with Crippen molar-refractivity contribution in [2.45, 2.75) is 33.4 Å². The number of carbonyl (C=O) groups excluding carboxylic acids is 1. The van der Waals surface area contributed by atoms with Crippen LogP contribution in [0, 0.1) is 13.8 Å². The average Bonchev–Trinajstić information content (AvgIpc) is 3.26. The lowest BCUT2D eigenvalue weighted by Crippen LogP contribution is -2.48. The van der Waals surface area contributed by atoms with Crippen molar-refractivity contribution in [2.24, 2.45) is 0 Å². The van der Waals surface area contributed by atoms with Crippen LogP contribution in [-0.2, 0) is 24.4 Å². The van der Waals surface area contributed by atoms with E-state index in [0.29, 0.717) is 38.4 Å². The van der Waals surface area contributed by atoms with E-state index in [2.05, 4.69) is 11.0 Å². The van der Waals surface area contributed by atoms with Crippen LogP contribution < -0.4 is 10.2 Å². The molecule has 6 nitrogen and oxygen atoms in total. The van der Waals surface area contributed by atoms with Crippen LogP contribution in [0.5, 0.6) is 5.75 Å². The summed E-state index contributed by atoms with van der Waals surface area (Å²) in [7, 11) is 0. The van der Waals surface area contributed by atoms with Gasteiger partial charge < -0.3 is 14.1 Å². The minimum atomic E-state index is -0.180. The van der Waals surface area contributed by atoms with Crippen molar-refractivity contribution in [3.05, 3.63) is 85.6 Å². The zero-order valence-electron chi connectivity index (χ0n) is 18.5. The van der Waals surface area contributed by atoms with Gasteiger partial charge in [-0.1, -0.05) is 35.4 Å². The zero-order valence-corrected chi connectivity index (χ0v) is 19.3. The number of piperazine rings is 1. The van der Waals surface area contributed by atoms with Gasteiger partial charge >= 0.3 is 0 Å². The van der Waals surface area contributed by atoms with E-state index in [4.69, 9.17) is 9.15 Å². The highest BCUT2D eigenvalue weighted by Gasteiger charge is 2.22. The fraction of sp³-hybridized carbons (Fsp3) is 0.360. The van der Waals surface area contributed by atoms with Crippen molar-refractivity contribution >= 4 is 17.2 Å². The van der Waals surface area contributed by atoms with Gasteiger partial charge in [0.05, 0.1) is 13.0 Å². The highest BCUT2D eigenvalue weighted by Crippen LogP contribution is 2.15. The molecule has 1 aromatic carbocycles. The molecule has 0 spiro atoms. The van der Waals surface area contributed by atoms with E-state index in [1.807, 2.05) is 48.4 Å². The number of amides is 1. The number of aryl methyl sites for hydroxylation is 2. The van der Waals surface area contributed by atoms with Crippen molar-refractivity contribution in [3.63, 3.8) is 0 Å². The first-order chi connectivity index (χ1) is 15.5. The van der Waals surface area contributed by atoms with Crippen molar-refractivity contribution in [1.82, 2.24) is 9.80 Å². The van der Waals surface area contributed by atoms with Crippen molar-refractivity contribution in [2.75, 3.05) is 26.2 Å². The molecule has 168 valence electrons. The predicted octanol–water partition coefficient (Wildman–Crippen LogP) is 3.78. The molecular formula is C25H28N2O4S. The van der Waals surface area contributed by atoms with Crippen LogP contribution >= 0.6 is 11.3 Å². The van der Waals surface area contributed by atoms with Crippen LogP contribution in [0.4, 0.5) is 0 Å². The Morgan fingerprint density at radius 2 is 1.84 bits per heavy atom. The van der Waals surface area contributed by atoms with Crippen molar-refractivity contribution in [3.8, 4) is 5.75 Å². The second-order valence-electron chi connectivity index (χ2n) is 8.27. The Morgan fingerprint density at radius 3 is 2.50 bits per heavy atom. The summed E-state index contributed by atoms with van der Waals surface area (Å²) in [6, 6.07) is 11.7. The van der Waals surface area contributed by atoms with Crippen LogP contribution in [0.25, 0.3) is 0 Å². The fourth-order valence-corrected chi connectivity index (χ4v) is 4.69.